The average Bonchev–Trinajstić information content (AvgIpc) is 3.39. The van der Waals surface area contributed by atoms with Crippen LogP contribution in [0.4, 0.5) is 0 Å². The minimum absolute atomic E-state index is 0.0130. The molecule has 1 saturated heterocycles. The molecule has 8 heteroatoms. The highest BCUT2D eigenvalue weighted by Crippen LogP contribution is 2.46. The molecule has 2 aromatic heterocycles. The number of fused-ring (bicyclic) bond motifs is 3. The Kier molecular flexibility index (Phi) is 3.74. The van der Waals surface area contributed by atoms with Crippen molar-refractivity contribution in [3.63, 3.8) is 0 Å². The number of piperidine rings is 1. The van der Waals surface area contributed by atoms with Gasteiger partial charge in [-0.2, -0.15) is 5.10 Å². The van der Waals surface area contributed by atoms with E-state index in [4.69, 9.17) is 4.98 Å². The van der Waals surface area contributed by atoms with Crippen LogP contribution in [0.3, 0.4) is 0 Å². The van der Waals surface area contributed by atoms with Crippen LogP contribution in [0.15, 0.2) is 11.1 Å². The molecule has 1 unspecified atom stereocenters. The first-order valence-corrected chi connectivity index (χ1v) is 10.9. The van der Waals surface area contributed by atoms with Crippen LogP contribution in [-0.2, 0) is 29.6 Å². The van der Waals surface area contributed by atoms with Crippen LogP contribution in [0.1, 0.15) is 67.3 Å². The molecule has 1 amide bonds. The van der Waals surface area contributed by atoms with Gasteiger partial charge in [-0.05, 0) is 44.9 Å². The number of aromatic nitrogens is 5. The van der Waals surface area contributed by atoms with Crippen molar-refractivity contribution in [2.75, 3.05) is 13.1 Å². The van der Waals surface area contributed by atoms with Crippen LogP contribution in [0, 0.1) is 5.92 Å². The monoisotopic (exact) mass is 394 g/mol. The van der Waals surface area contributed by atoms with Gasteiger partial charge in [-0.3, -0.25) is 14.3 Å². The van der Waals surface area contributed by atoms with Crippen LogP contribution in [0.2, 0.25) is 0 Å². The number of nitrogens with zero attached hydrogens (tertiary/aromatic N) is 5. The summed E-state index contributed by atoms with van der Waals surface area (Å²) in [6.07, 6.45) is 8.99. The maximum absolute atomic E-state index is 13.1. The van der Waals surface area contributed by atoms with Gasteiger partial charge in [-0.1, -0.05) is 0 Å². The van der Waals surface area contributed by atoms with Gasteiger partial charge in [0.1, 0.15) is 18.0 Å². The van der Waals surface area contributed by atoms with Crippen molar-refractivity contribution in [3.8, 4) is 0 Å². The minimum Gasteiger partial charge on any atom is -0.342 e. The lowest BCUT2D eigenvalue weighted by atomic mass is 9.76. The predicted octanol–water partition coefficient (Wildman–Crippen LogP) is 1.31. The second-order valence-electron chi connectivity index (χ2n) is 9.25. The number of aromatic amines is 1. The topological polar surface area (TPSA) is 96.8 Å². The Morgan fingerprint density at radius 2 is 1.97 bits per heavy atom. The molecule has 2 aromatic rings. The molecule has 1 saturated carbocycles. The maximum Gasteiger partial charge on any atom is 0.254 e. The Hall–Kier alpha value is -2.51. The van der Waals surface area contributed by atoms with Gasteiger partial charge in [0, 0.05) is 48.9 Å². The molecule has 2 fully saturated rings. The quantitative estimate of drug-likeness (QED) is 0.828. The van der Waals surface area contributed by atoms with E-state index in [0.29, 0.717) is 12.3 Å². The molecule has 0 bridgehead atoms. The van der Waals surface area contributed by atoms with Gasteiger partial charge in [0.25, 0.3) is 5.56 Å². The molecule has 8 nitrogen and oxygen atoms in total. The number of likely N-dealkylation sites (tertiary alicyclic amines) is 1. The Morgan fingerprint density at radius 1 is 1.14 bits per heavy atom. The molecule has 1 atom stereocenters. The normalized spacial score (nSPS) is 25.1. The van der Waals surface area contributed by atoms with Crippen LogP contribution in [0.25, 0.3) is 0 Å². The molecule has 2 aliphatic carbocycles. The molecule has 29 heavy (non-hydrogen) atoms. The van der Waals surface area contributed by atoms with Gasteiger partial charge in [-0.25, -0.2) is 9.97 Å². The Morgan fingerprint density at radius 3 is 2.76 bits per heavy atom. The van der Waals surface area contributed by atoms with Crippen LogP contribution < -0.4 is 5.56 Å². The van der Waals surface area contributed by atoms with E-state index in [-0.39, 0.29) is 22.8 Å². The summed E-state index contributed by atoms with van der Waals surface area (Å²) in [5.74, 6) is 2.52. The molecular formula is C21H26N6O2. The number of rotatable bonds is 2. The van der Waals surface area contributed by atoms with Gasteiger partial charge in [0.05, 0.1) is 5.69 Å². The summed E-state index contributed by atoms with van der Waals surface area (Å²) < 4.78 is 1.91. The fraction of sp³-hybridized carbons (Fsp3) is 0.667. The number of H-pyrrole nitrogens is 1. The molecule has 2 aliphatic heterocycles. The number of nitrogens with one attached hydrogen (secondary N) is 1. The molecule has 1 spiro atoms. The zero-order valence-electron chi connectivity index (χ0n) is 16.6. The third-order valence-electron chi connectivity index (χ3n) is 7.55. The first-order chi connectivity index (χ1) is 14.1. The van der Waals surface area contributed by atoms with Crippen LogP contribution in [-0.4, -0.2) is 48.6 Å². The minimum atomic E-state index is -0.0171. The summed E-state index contributed by atoms with van der Waals surface area (Å²) >= 11 is 0. The van der Waals surface area contributed by atoms with E-state index in [1.807, 2.05) is 9.58 Å². The lowest BCUT2D eigenvalue weighted by molar-refractivity contribution is -0.138. The zero-order chi connectivity index (χ0) is 19.6. The highest BCUT2D eigenvalue weighted by atomic mass is 16.2. The first-order valence-electron chi connectivity index (χ1n) is 10.9. The van der Waals surface area contributed by atoms with Crippen molar-refractivity contribution < 1.29 is 4.79 Å². The molecule has 0 radical (unpaired) electrons. The van der Waals surface area contributed by atoms with Crippen molar-refractivity contribution in [1.82, 2.24) is 29.6 Å². The van der Waals surface area contributed by atoms with Crippen molar-refractivity contribution in [2.45, 2.75) is 69.2 Å². The Bertz CT molecular complexity index is 1030. The maximum atomic E-state index is 13.1. The third-order valence-corrected chi connectivity index (χ3v) is 7.55. The van der Waals surface area contributed by atoms with Crippen molar-refractivity contribution in [2.24, 2.45) is 5.92 Å². The number of hydrogen-bond acceptors (Lipinski definition) is 5. The van der Waals surface area contributed by atoms with Gasteiger partial charge in [0.2, 0.25) is 5.91 Å². The Balaban J connectivity index is 1.19. The highest BCUT2D eigenvalue weighted by Gasteiger charge is 2.46. The lowest BCUT2D eigenvalue weighted by Crippen LogP contribution is -2.48. The van der Waals surface area contributed by atoms with E-state index in [9.17, 15) is 9.59 Å². The highest BCUT2D eigenvalue weighted by molar-refractivity contribution is 5.79. The first kappa shape index (κ1) is 17.4. The number of aryl methyl sites for hydroxylation is 1. The van der Waals surface area contributed by atoms with Gasteiger partial charge in [-0.15, -0.1) is 0 Å². The third kappa shape index (κ3) is 2.75. The van der Waals surface area contributed by atoms with Crippen molar-refractivity contribution in [1.29, 1.82) is 0 Å². The summed E-state index contributed by atoms with van der Waals surface area (Å²) in [6, 6.07) is 0. The summed E-state index contributed by atoms with van der Waals surface area (Å²) in [5, 5.41) is 4.21. The van der Waals surface area contributed by atoms with Gasteiger partial charge >= 0.3 is 0 Å². The van der Waals surface area contributed by atoms with E-state index in [1.165, 1.54) is 0 Å². The largest absolute Gasteiger partial charge is 0.342 e. The Labute approximate surface area is 168 Å². The smallest absolute Gasteiger partial charge is 0.254 e. The molecule has 6 rings (SSSR count). The molecule has 152 valence electrons. The average molecular weight is 394 g/mol. The second kappa shape index (κ2) is 6.24. The standard InChI is InChI=1S/C21H26N6O2/c28-19-15-3-5-21(17(15)24-18(25-19)13-1-2-13)6-9-26(10-7-21)20(29)14-4-8-27-16(11-14)22-12-23-27/h12-14H,1-11H2,(H,24,25,28). The zero-order valence-corrected chi connectivity index (χ0v) is 16.6. The van der Waals surface area contributed by atoms with E-state index < -0.39 is 0 Å². The lowest BCUT2D eigenvalue weighted by Gasteiger charge is -2.41. The fourth-order valence-corrected chi connectivity index (χ4v) is 5.56. The predicted molar refractivity (Wildman–Crippen MR) is 104 cm³/mol. The molecule has 0 aromatic carbocycles. The van der Waals surface area contributed by atoms with Crippen molar-refractivity contribution in [3.05, 3.63) is 39.6 Å². The molecular weight excluding hydrogens is 368 g/mol. The van der Waals surface area contributed by atoms with E-state index in [0.717, 1.165) is 87.5 Å². The number of carbonyl (C=O) groups excluding carboxylic acids is 1. The van der Waals surface area contributed by atoms with Gasteiger partial charge in [0.15, 0.2) is 0 Å². The number of carbonyl (C=O) groups is 1. The van der Waals surface area contributed by atoms with Gasteiger partial charge < -0.3 is 9.88 Å². The second-order valence-corrected chi connectivity index (χ2v) is 9.25. The summed E-state index contributed by atoms with van der Waals surface area (Å²) in [6.45, 7) is 2.29. The SMILES string of the molecule is O=C(C1CCn2ncnc2C1)N1CCC2(CCc3c2nc(C2CC2)[nH]c3=O)CC1. The molecule has 4 aliphatic rings. The fourth-order valence-electron chi connectivity index (χ4n) is 5.56. The van der Waals surface area contributed by atoms with Crippen LogP contribution in [0.5, 0.6) is 0 Å². The number of amides is 1. The van der Waals surface area contributed by atoms with Crippen molar-refractivity contribution >= 4 is 5.91 Å². The van der Waals surface area contributed by atoms with E-state index in [1.54, 1.807) is 6.33 Å². The summed E-state index contributed by atoms with van der Waals surface area (Å²) in [7, 11) is 0. The summed E-state index contributed by atoms with van der Waals surface area (Å²) in [4.78, 5) is 40.0. The van der Waals surface area contributed by atoms with E-state index in [2.05, 4.69) is 15.1 Å². The molecule has 4 heterocycles. The van der Waals surface area contributed by atoms with Crippen LogP contribution >= 0.6 is 0 Å². The molecule has 1 N–H and O–H groups in total. The number of hydrogen-bond donors (Lipinski definition) is 1. The summed E-state index contributed by atoms with van der Waals surface area (Å²) in [5.41, 5.74) is 1.98. The van der Waals surface area contributed by atoms with E-state index >= 15 is 0 Å².